The lowest BCUT2D eigenvalue weighted by Crippen LogP contribution is -2.18. The topological polar surface area (TPSA) is 55.3 Å². The molecule has 0 atom stereocenters. The predicted molar refractivity (Wildman–Crippen MR) is 69.7 cm³/mol. The summed E-state index contributed by atoms with van der Waals surface area (Å²) in [7, 11) is 2.08. The van der Waals surface area contributed by atoms with Gasteiger partial charge in [0.25, 0.3) is 0 Å². The molecule has 0 aliphatic heterocycles. The number of rotatable bonds is 5. The van der Waals surface area contributed by atoms with Gasteiger partial charge in [-0.15, -0.1) is 0 Å². The lowest BCUT2D eigenvalue weighted by atomic mass is 10.3. The van der Waals surface area contributed by atoms with Gasteiger partial charge in [0.15, 0.2) is 5.58 Å². The van der Waals surface area contributed by atoms with Crippen LogP contribution in [0, 0.1) is 0 Å². The molecule has 2 rings (SSSR count). The van der Waals surface area contributed by atoms with Crippen molar-refractivity contribution in [2.24, 2.45) is 0 Å². The van der Waals surface area contributed by atoms with Crippen molar-refractivity contribution in [2.45, 2.75) is 26.3 Å². The van der Waals surface area contributed by atoms with Gasteiger partial charge in [0.1, 0.15) is 5.52 Å². The molecule has 4 nitrogen and oxygen atoms in total. The summed E-state index contributed by atoms with van der Waals surface area (Å²) in [5.74, 6) is 0.754. The Labute approximate surface area is 101 Å². The maximum atomic E-state index is 5.71. The molecule has 2 aromatic rings. The SMILES string of the molecule is CCCCN(C)Cc1nc2cc(N)ccc2o1. The van der Waals surface area contributed by atoms with Crippen molar-refractivity contribution in [3.8, 4) is 0 Å². The van der Waals surface area contributed by atoms with E-state index >= 15 is 0 Å². The van der Waals surface area contributed by atoms with Gasteiger partial charge in [-0.3, -0.25) is 4.90 Å². The Balaban J connectivity index is 2.08. The molecule has 2 N–H and O–H groups in total. The van der Waals surface area contributed by atoms with Crippen LogP contribution < -0.4 is 5.73 Å². The fraction of sp³-hybridized carbons (Fsp3) is 0.462. The molecule has 0 bridgehead atoms. The van der Waals surface area contributed by atoms with Crippen LogP contribution in [0.25, 0.3) is 11.1 Å². The summed E-state index contributed by atoms with van der Waals surface area (Å²) in [5.41, 5.74) is 8.07. The molecule has 0 aliphatic carbocycles. The quantitative estimate of drug-likeness (QED) is 0.807. The number of aromatic nitrogens is 1. The molecule has 17 heavy (non-hydrogen) atoms. The molecule has 0 fully saturated rings. The van der Waals surface area contributed by atoms with Crippen molar-refractivity contribution in [3.05, 3.63) is 24.1 Å². The molecule has 0 saturated heterocycles. The molecule has 0 spiro atoms. The second-order valence-electron chi connectivity index (χ2n) is 4.43. The molecular weight excluding hydrogens is 214 g/mol. The van der Waals surface area contributed by atoms with Crippen LogP contribution in [0.15, 0.2) is 22.6 Å². The van der Waals surface area contributed by atoms with E-state index in [1.807, 2.05) is 18.2 Å². The maximum Gasteiger partial charge on any atom is 0.209 e. The van der Waals surface area contributed by atoms with Crippen LogP contribution in [0.2, 0.25) is 0 Å². The summed E-state index contributed by atoms with van der Waals surface area (Å²) < 4.78 is 5.67. The second-order valence-corrected chi connectivity index (χ2v) is 4.43. The van der Waals surface area contributed by atoms with Crippen LogP contribution >= 0.6 is 0 Å². The normalized spacial score (nSPS) is 11.5. The zero-order chi connectivity index (χ0) is 12.3. The van der Waals surface area contributed by atoms with E-state index < -0.39 is 0 Å². The number of benzene rings is 1. The lowest BCUT2D eigenvalue weighted by Gasteiger charge is -2.12. The molecule has 1 aromatic carbocycles. The standard InChI is InChI=1S/C13H19N3O/c1-3-4-7-16(2)9-13-15-11-8-10(14)5-6-12(11)17-13/h5-6,8H,3-4,7,9,14H2,1-2H3. The number of anilines is 1. The largest absolute Gasteiger partial charge is 0.439 e. The Hall–Kier alpha value is -1.55. The molecule has 0 aliphatic rings. The molecule has 1 heterocycles. The minimum absolute atomic E-state index is 0.719. The minimum atomic E-state index is 0.719. The van der Waals surface area contributed by atoms with Crippen molar-refractivity contribution >= 4 is 16.8 Å². The number of hydrogen-bond acceptors (Lipinski definition) is 4. The number of nitrogens with two attached hydrogens (primary N) is 1. The highest BCUT2D eigenvalue weighted by molar-refractivity contribution is 5.76. The summed E-state index contributed by atoms with van der Waals surface area (Å²) in [5, 5.41) is 0. The number of nitrogens with zero attached hydrogens (tertiary/aromatic N) is 2. The first-order valence-corrected chi connectivity index (χ1v) is 6.02. The molecule has 4 heteroatoms. The fourth-order valence-electron chi connectivity index (χ4n) is 1.80. The van der Waals surface area contributed by atoms with Gasteiger partial charge in [0.2, 0.25) is 5.89 Å². The first-order valence-electron chi connectivity index (χ1n) is 6.02. The van der Waals surface area contributed by atoms with Crippen molar-refractivity contribution in [3.63, 3.8) is 0 Å². The third kappa shape index (κ3) is 2.97. The predicted octanol–water partition coefficient (Wildman–Crippen LogP) is 2.64. The van der Waals surface area contributed by atoms with Gasteiger partial charge in [-0.05, 0) is 38.2 Å². The highest BCUT2D eigenvalue weighted by Crippen LogP contribution is 2.18. The van der Waals surface area contributed by atoms with Gasteiger partial charge in [-0.2, -0.15) is 0 Å². The van der Waals surface area contributed by atoms with E-state index in [-0.39, 0.29) is 0 Å². The van der Waals surface area contributed by atoms with E-state index in [2.05, 4.69) is 23.9 Å². The van der Waals surface area contributed by atoms with Crippen LogP contribution in [0.1, 0.15) is 25.7 Å². The van der Waals surface area contributed by atoms with Gasteiger partial charge in [0.05, 0.1) is 6.54 Å². The third-order valence-electron chi connectivity index (χ3n) is 2.75. The zero-order valence-electron chi connectivity index (χ0n) is 10.4. The Morgan fingerprint density at radius 3 is 3.00 bits per heavy atom. The van der Waals surface area contributed by atoms with E-state index in [0.29, 0.717) is 0 Å². The van der Waals surface area contributed by atoms with E-state index in [1.165, 1.54) is 12.8 Å². The van der Waals surface area contributed by atoms with Crippen LogP contribution in [-0.4, -0.2) is 23.5 Å². The molecule has 1 aromatic heterocycles. The highest BCUT2D eigenvalue weighted by Gasteiger charge is 2.08. The average Bonchev–Trinajstić information content (AvgIpc) is 2.67. The highest BCUT2D eigenvalue weighted by atomic mass is 16.3. The molecule has 0 radical (unpaired) electrons. The van der Waals surface area contributed by atoms with Crippen molar-refractivity contribution in [1.82, 2.24) is 9.88 Å². The first-order chi connectivity index (χ1) is 8.19. The first kappa shape index (κ1) is 11.9. The molecule has 0 saturated carbocycles. The molecule has 0 unspecified atom stereocenters. The Kier molecular flexibility index (Phi) is 3.64. The summed E-state index contributed by atoms with van der Waals surface area (Å²) in [6.07, 6.45) is 2.40. The van der Waals surface area contributed by atoms with Crippen LogP contribution in [0.3, 0.4) is 0 Å². The molecular formula is C13H19N3O. The Morgan fingerprint density at radius 2 is 2.24 bits per heavy atom. The van der Waals surface area contributed by atoms with Crippen LogP contribution in [0.5, 0.6) is 0 Å². The maximum absolute atomic E-state index is 5.71. The fourth-order valence-corrected chi connectivity index (χ4v) is 1.80. The summed E-state index contributed by atoms with van der Waals surface area (Å²) in [6, 6.07) is 5.54. The average molecular weight is 233 g/mol. The number of nitrogen functional groups attached to an aromatic ring is 1. The van der Waals surface area contributed by atoms with E-state index in [0.717, 1.165) is 35.8 Å². The molecule has 92 valence electrons. The summed E-state index contributed by atoms with van der Waals surface area (Å²) in [4.78, 5) is 6.65. The van der Waals surface area contributed by atoms with Gasteiger partial charge in [0, 0.05) is 5.69 Å². The van der Waals surface area contributed by atoms with E-state index in [1.54, 1.807) is 0 Å². The Morgan fingerprint density at radius 1 is 1.41 bits per heavy atom. The van der Waals surface area contributed by atoms with Gasteiger partial charge in [-0.1, -0.05) is 13.3 Å². The van der Waals surface area contributed by atoms with Gasteiger partial charge >= 0.3 is 0 Å². The third-order valence-corrected chi connectivity index (χ3v) is 2.75. The van der Waals surface area contributed by atoms with Crippen molar-refractivity contribution in [1.29, 1.82) is 0 Å². The number of oxazole rings is 1. The van der Waals surface area contributed by atoms with E-state index in [9.17, 15) is 0 Å². The van der Waals surface area contributed by atoms with E-state index in [4.69, 9.17) is 10.2 Å². The number of fused-ring (bicyclic) bond motifs is 1. The smallest absolute Gasteiger partial charge is 0.209 e. The summed E-state index contributed by atoms with van der Waals surface area (Å²) >= 11 is 0. The van der Waals surface area contributed by atoms with Gasteiger partial charge in [-0.25, -0.2) is 4.98 Å². The lowest BCUT2D eigenvalue weighted by molar-refractivity contribution is 0.288. The monoisotopic (exact) mass is 233 g/mol. The number of unbranched alkanes of at least 4 members (excludes halogenated alkanes) is 1. The number of hydrogen-bond donors (Lipinski definition) is 1. The summed E-state index contributed by atoms with van der Waals surface area (Å²) in [6.45, 7) is 4.00. The Bertz CT molecular complexity index is 492. The minimum Gasteiger partial charge on any atom is -0.439 e. The second kappa shape index (κ2) is 5.19. The van der Waals surface area contributed by atoms with Crippen LogP contribution in [-0.2, 0) is 6.54 Å². The van der Waals surface area contributed by atoms with Crippen molar-refractivity contribution < 1.29 is 4.42 Å². The van der Waals surface area contributed by atoms with Crippen molar-refractivity contribution in [2.75, 3.05) is 19.3 Å². The van der Waals surface area contributed by atoms with Crippen LogP contribution in [0.4, 0.5) is 5.69 Å². The molecule has 0 amide bonds. The zero-order valence-corrected chi connectivity index (χ0v) is 10.4. The van der Waals surface area contributed by atoms with Gasteiger partial charge < -0.3 is 10.2 Å².